The summed E-state index contributed by atoms with van der Waals surface area (Å²) in [5.74, 6) is 0.725. The Morgan fingerprint density at radius 3 is 3.05 bits per heavy atom. The molecule has 2 atom stereocenters. The van der Waals surface area contributed by atoms with Crippen molar-refractivity contribution in [3.63, 3.8) is 0 Å². The molecule has 0 bridgehead atoms. The van der Waals surface area contributed by atoms with Gasteiger partial charge in [-0.1, -0.05) is 0 Å². The molecule has 1 aliphatic carbocycles. The SMILES string of the molecule is CCOc1ncccc1NC1CC(C)N(C2CC2)C1. The fourth-order valence-corrected chi connectivity index (χ4v) is 3.05. The van der Waals surface area contributed by atoms with Crippen molar-refractivity contribution in [2.75, 3.05) is 18.5 Å². The molecule has 1 aliphatic heterocycles. The molecule has 2 unspecified atom stereocenters. The molecule has 2 aliphatic rings. The Hall–Kier alpha value is -1.29. The van der Waals surface area contributed by atoms with Gasteiger partial charge in [0.2, 0.25) is 5.88 Å². The number of hydrogen-bond donors (Lipinski definition) is 1. The molecule has 1 aromatic rings. The maximum Gasteiger partial charge on any atom is 0.237 e. The summed E-state index contributed by atoms with van der Waals surface area (Å²) < 4.78 is 5.57. The number of ether oxygens (including phenoxy) is 1. The van der Waals surface area contributed by atoms with Crippen LogP contribution in [0.4, 0.5) is 5.69 Å². The first-order valence-corrected chi connectivity index (χ1v) is 7.38. The summed E-state index contributed by atoms with van der Waals surface area (Å²) in [6, 6.07) is 6.07. The zero-order valence-electron chi connectivity index (χ0n) is 11.8. The van der Waals surface area contributed by atoms with E-state index in [4.69, 9.17) is 4.74 Å². The van der Waals surface area contributed by atoms with Crippen LogP contribution in [0.3, 0.4) is 0 Å². The second-order valence-electron chi connectivity index (χ2n) is 5.64. The van der Waals surface area contributed by atoms with Crippen molar-refractivity contribution in [2.45, 2.75) is 51.2 Å². The van der Waals surface area contributed by atoms with Gasteiger partial charge in [-0.05, 0) is 45.2 Å². The van der Waals surface area contributed by atoms with E-state index >= 15 is 0 Å². The lowest BCUT2D eigenvalue weighted by Crippen LogP contribution is -2.31. The minimum atomic E-state index is 0.513. The first-order chi connectivity index (χ1) is 9.28. The molecule has 104 valence electrons. The van der Waals surface area contributed by atoms with Crippen LogP contribution < -0.4 is 10.1 Å². The first-order valence-electron chi connectivity index (χ1n) is 7.38. The number of rotatable bonds is 5. The molecular weight excluding hydrogens is 238 g/mol. The van der Waals surface area contributed by atoms with Gasteiger partial charge in [0.25, 0.3) is 0 Å². The number of aromatic nitrogens is 1. The van der Waals surface area contributed by atoms with Gasteiger partial charge in [-0.3, -0.25) is 4.90 Å². The summed E-state index contributed by atoms with van der Waals surface area (Å²) in [5, 5.41) is 3.61. The highest BCUT2D eigenvalue weighted by atomic mass is 16.5. The van der Waals surface area contributed by atoms with Gasteiger partial charge in [0, 0.05) is 30.9 Å². The maximum absolute atomic E-state index is 5.57. The summed E-state index contributed by atoms with van der Waals surface area (Å²) in [5.41, 5.74) is 1.03. The van der Waals surface area contributed by atoms with E-state index in [1.54, 1.807) is 6.20 Å². The first kappa shape index (κ1) is 12.7. The Morgan fingerprint density at radius 2 is 2.32 bits per heavy atom. The molecule has 3 rings (SSSR count). The fourth-order valence-electron chi connectivity index (χ4n) is 3.05. The van der Waals surface area contributed by atoms with Crippen LogP contribution in [0.1, 0.15) is 33.1 Å². The van der Waals surface area contributed by atoms with E-state index in [-0.39, 0.29) is 0 Å². The Kier molecular flexibility index (Phi) is 3.60. The lowest BCUT2D eigenvalue weighted by molar-refractivity contribution is 0.257. The summed E-state index contributed by atoms with van der Waals surface area (Å²) >= 11 is 0. The van der Waals surface area contributed by atoms with Crippen molar-refractivity contribution in [2.24, 2.45) is 0 Å². The van der Waals surface area contributed by atoms with E-state index in [0.717, 1.165) is 24.2 Å². The topological polar surface area (TPSA) is 37.4 Å². The molecule has 0 amide bonds. The molecule has 2 fully saturated rings. The third-order valence-corrected chi connectivity index (χ3v) is 4.05. The standard InChI is InChI=1S/C15H23N3O/c1-3-19-15-14(5-4-8-16-15)17-12-9-11(2)18(10-12)13-6-7-13/h4-5,8,11-13,17H,3,6-7,9-10H2,1-2H3. The lowest BCUT2D eigenvalue weighted by Gasteiger charge is -2.20. The molecule has 0 spiro atoms. The van der Waals surface area contributed by atoms with Crippen LogP contribution in [-0.2, 0) is 0 Å². The second-order valence-corrected chi connectivity index (χ2v) is 5.64. The molecule has 1 aromatic heterocycles. The molecule has 1 saturated carbocycles. The zero-order chi connectivity index (χ0) is 13.2. The van der Waals surface area contributed by atoms with Gasteiger partial charge in [0.15, 0.2) is 0 Å². The maximum atomic E-state index is 5.57. The van der Waals surface area contributed by atoms with Crippen molar-refractivity contribution in [1.29, 1.82) is 0 Å². The van der Waals surface area contributed by atoms with Crippen molar-refractivity contribution >= 4 is 5.69 Å². The Bertz CT molecular complexity index is 433. The summed E-state index contributed by atoms with van der Waals surface area (Å²) in [6.07, 6.45) is 5.75. The molecular formula is C15H23N3O. The highest BCUT2D eigenvalue weighted by Gasteiger charge is 2.38. The van der Waals surface area contributed by atoms with Crippen molar-refractivity contribution in [3.05, 3.63) is 18.3 Å². The predicted octanol–water partition coefficient (Wildman–Crippen LogP) is 2.52. The minimum absolute atomic E-state index is 0.513. The normalized spacial score (nSPS) is 27.5. The molecule has 4 nitrogen and oxygen atoms in total. The van der Waals surface area contributed by atoms with Crippen LogP contribution >= 0.6 is 0 Å². The number of hydrogen-bond acceptors (Lipinski definition) is 4. The van der Waals surface area contributed by atoms with Crippen LogP contribution in [0, 0.1) is 0 Å². The number of nitrogens with zero attached hydrogens (tertiary/aromatic N) is 2. The number of pyridine rings is 1. The van der Waals surface area contributed by atoms with Crippen LogP contribution in [0.5, 0.6) is 5.88 Å². The van der Waals surface area contributed by atoms with Crippen molar-refractivity contribution < 1.29 is 4.74 Å². The van der Waals surface area contributed by atoms with Crippen LogP contribution in [0.2, 0.25) is 0 Å². The Labute approximate surface area is 115 Å². The molecule has 2 heterocycles. The van der Waals surface area contributed by atoms with E-state index in [2.05, 4.69) is 28.2 Å². The lowest BCUT2D eigenvalue weighted by atomic mass is 10.2. The largest absolute Gasteiger partial charge is 0.476 e. The van der Waals surface area contributed by atoms with Gasteiger partial charge in [0.1, 0.15) is 0 Å². The van der Waals surface area contributed by atoms with E-state index < -0.39 is 0 Å². The monoisotopic (exact) mass is 261 g/mol. The van der Waals surface area contributed by atoms with Gasteiger partial charge in [-0.2, -0.15) is 0 Å². The smallest absolute Gasteiger partial charge is 0.237 e. The van der Waals surface area contributed by atoms with Crippen LogP contribution in [-0.4, -0.2) is 41.2 Å². The van der Waals surface area contributed by atoms with Crippen LogP contribution in [0.15, 0.2) is 18.3 Å². The molecule has 1 N–H and O–H groups in total. The third-order valence-electron chi connectivity index (χ3n) is 4.05. The van der Waals surface area contributed by atoms with Crippen LogP contribution in [0.25, 0.3) is 0 Å². The number of likely N-dealkylation sites (tertiary alicyclic amines) is 1. The molecule has 4 heteroatoms. The highest BCUT2D eigenvalue weighted by molar-refractivity contribution is 5.53. The summed E-state index contributed by atoms with van der Waals surface area (Å²) in [4.78, 5) is 6.94. The Balaban J connectivity index is 1.65. The fraction of sp³-hybridized carbons (Fsp3) is 0.667. The van der Waals surface area contributed by atoms with Gasteiger partial charge < -0.3 is 10.1 Å². The molecule has 19 heavy (non-hydrogen) atoms. The molecule has 0 radical (unpaired) electrons. The van der Waals surface area contributed by atoms with Gasteiger partial charge in [0.05, 0.1) is 12.3 Å². The van der Waals surface area contributed by atoms with Gasteiger partial charge in [-0.15, -0.1) is 0 Å². The summed E-state index contributed by atoms with van der Waals surface area (Å²) in [7, 11) is 0. The minimum Gasteiger partial charge on any atom is -0.476 e. The number of nitrogens with one attached hydrogen (secondary N) is 1. The van der Waals surface area contributed by atoms with Crippen molar-refractivity contribution in [3.8, 4) is 5.88 Å². The zero-order valence-corrected chi connectivity index (χ0v) is 11.8. The molecule has 1 saturated heterocycles. The van der Waals surface area contributed by atoms with E-state index in [1.807, 2.05) is 13.0 Å². The summed E-state index contributed by atoms with van der Waals surface area (Å²) in [6.45, 7) is 6.13. The van der Waals surface area contributed by atoms with Gasteiger partial charge in [-0.25, -0.2) is 4.98 Å². The second kappa shape index (κ2) is 5.37. The average Bonchev–Trinajstić information content (AvgIpc) is 3.17. The van der Waals surface area contributed by atoms with E-state index in [0.29, 0.717) is 18.7 Å². The van der Waals surface area contributed by atoms with Crippen molar-refractivity contribution in [1.82, 2.24) is 9.88 Å². The Morgan fingerprint density at radius 1 is 1.47 bits per heavy atom. The molecule has 0 aromatic carbocycles. The predicted molar refractivity (Wildman–Crippen MR) is 76.6 cm³/mol. The highest BCUT2D eigenvalue weighted by Crippen LogP contribution is 2.34. The van der Waals surface area contributed by atoms with Gasteiger partial charge >= 0.3 is 0 Å². The average molecular weight is 261 g/mol. The third kappa shape index (κ3) is 2.84. The van der Waals surface area contributed by atoms with E-state index in [1.165, 1.54) is 19.3 Å². The number of anilines is 1. The van der Waals surface area contributed by atoms with E-state index in [9.17, 15) is 0 Å². The quantitative estimate of drug-likeness (QED) is 0.883.